The van der Waals surface area contributed by atoms with Crippen molar-refractivity contribution >= 4 is 5.97 Å². The van der Waals surface area contributed by atoms with Crippen LogP contribution in [0.3, 0.4) is 0 Å². The summed E-state index contributed by atoms with van der Waals surface area (Å²) in [6.07, 6.45) is 20.5. The Labute approximate surface area is 149 Å². The Balaban J connectivity index is 3.01. The molecule has 0 fully saturated rings. The molecular formula is C21H41FO2. The van der Waals surface area contributed by atoms with E-state index in [1.54, 1.807) is 0 Å². The van der Waals surface area contributed by atoms with Crippen LogP contribution in [0.4, 0.5) is 4.39 Å². The summed E-state index contributed by atoms with van der Waals surface area (Å²) >= 11 is 0. The van der Waals surface area contributed by atoms with Crippen LogP contribution in [0.1, 0.15) is 116 Å². The van der Waals surface area contributed by atoms with E-state index in [1.807, 2.05) is 6.92 Å². The third-order valence-electron chi connectivity index (χ3n) is 4.57. The molecule has 0 aromatic carbocycles. The molecule has 0 aliphatic carbocycles. The fourth-order valence-electron chi connectivity index (χ4n) is 3.07. The van der Waals surface area contributed by atoms with Gasteiger partial charge in [-0.15, -0.1) is 0 Å². The summed E-state index contributed by atoms with van der Waals surface area (Å²) in [5, 5.41) is 0. The van der Waals surface area contributed by atoms with Gasteiger partial charge in [0.05, 0.1) is 13.3 Å². The van der Waals surface area contributed by atoms with Crippen molar-refractivity contribution in [3.8, 4) is 0 Å². The Hall–Kier alpha value is -0.600. The summed E-state index contributed by atoms with van der Waals surface area (Å²) < 4.78 is 16.8. The minimum absolute atomic E-state index is 0.0442. The van der Waals surface area contributed by atoms with Crippen molar-refractivity contribution in [2.45, 2.75) is 116 Å². The SMILES string of the molecule is CCOC(=O)CCCCCCCCCCCCCCCCCCF. The molecule has 0 aliphatic rings. The largest absolute Gasteiger partial charge is 0.466 e. The zero-order valence-corrected chi connectivity index (χ0v) is 16.1. The molecule has 0 unspecified atom stereocenters. The quantitative estimate of drug-likeness (QED) is 0.184. The Bertz CT molecular complexity index is 256. The van der Waals surface area contributed by atoms with E-state index in [4.69, 9.17) is 4.74 Å². The molecular weight excluding hydrogens is 303 g/mol. The van der Waals surface area contributed by atoms with Crippen LogP contribution in [-0.4, -0.2) is 19.3 Å². The van der Waals surface area contributed by atoms with Crippen molar-refractivity contribution in [3.05, 3.63) is 0 Å². The van der Waals surface area contributed by atoms with Gasteiger partial charge >= 0.3 is 5.97 Å². The van der Waals surface area contributed by atoms with Crippen molar-refractivity contribution < 1.29 is 13.9 Å². The zero-order chi connectivity index (χ0) is 17.7. The topological polar surface area (TPSA) is 26.3 Å². The average molecular weight is 345 g/mol. The number of carbonyl (C=O) groups excluding carboxylic acids is 1. The van der Waals surface area contributed by atoms with E-state index in [-0.39, 0.29) is 12.6 Å². The summed E-state index contributed by atoms with van der Waals surface area (Å²) in [6, 6.07) is 0. The molecule has 0 aromatic heterocycles. The van der Waals surface area contributed by atoms with Crippen molar-refractivity contribution in [1.29, 1.82) is 0 Å². The fourth-order valence-corrected chi connectivity index (χ4v) is 3.07. The van der Waals surface area contributed by atoms with Gasteiger partial charge in [-0.3, -0.25) is 9.18 Å². The normalized spacial score (nSPS) is 10.9. The van der Waals surface area contributed by atoms with Crippen LogP contribution in [0.2, 0.25) is 0 Å². The Morgan fingerprint density at radius 2 is 0.958 bits per heavy atom. The number of rotatable bonds is 19. The summed E-state index contributed by atoms with van der Waals surface area (Å²) in [5.74, 6) is -0.0442. The van der Waals surface area contributed by atoms with Gasteiger partial charge in [0.25, 0.3) is 0 Å². The second-order valence-electron chi connectivity index (χ2n) is 6.90. The monoisotopic (exact) mass is 344 g/mol. The first-order valence-electron chi connectivity index (χ1n) is 10.5. The second kappa shape index (κ2) is 20.4. The lowest BCUT2D eigenvalue weighted by Crippen LogP contribution is -2.03. The Morgan fingerprint density at radius 1 is 0.625 bits per heavy atom. The van der Waals surface area contributed by atoms with E-state index >= 15 is 0 Å². The fraction of sp³-hybridized carbons (Fsp3) is 0.952. The molecule has 0 bridgehead atoms. The van der Waals surface area contributed by atoms with Crippen molar-refractivity contribution in [2.24, 2.45) is 0 Å². The number of carbonyl (C=O) groups is 1. The van der Waals surface area contributed by atoms with Crippen LogP contribution >= 0.6 is 0 Å². The van der Waals surface area contributed by atoms with E-state index < -0.39 is 0 Å². The number of hydrogen-bond donors (Lipinski definition) is 0. The first-order chi connectivity index (χ1) is 11.8. The van der Waals surface area contributed by atoms with Crippen LogP contribution in [-0.2, 0) is 9.53 Å². The second-order valence-corrected chi connectivity index (χ2v) is 6.90. The highest BCUT2D eigenvalue weighted by Gasteiger charge is 2.00. The lowest BCUT2D eigenvalue weighted by molar-refractivity contribution is -0.143. The Kier molecular flexibility index (Phi) is 19.9. The van der Waals surface area contributed by atoms with Gasteiger partial charge in [-0.1, -0.05) is 89.9 Å². The molecule has 0 heterocycles. The molecule has 0 atom stereocenters. The predicted molar refractivity (Wildman–Crippen MR) is 101 cm³/mol. The van der Waals surface area contributed by atoms with Gasteiger partial charge in [-0.25, -0.2) is 0 Å². The highest BCUT2D eigenvalue weighted by Crippen LogP contribution is 2.14. The van der Waals surface area contributed by atoms with Gasteiger partial charge in [0, 0.05) is 6.42 Å². The van der Waals surface area contributed by atoms with Gasteiger partial charge in [-0.2, -0.15) is 0 Å². The van der Waals surface area contributed by atoms with Gasteiger partial charge < -0.3 is 4.74 Å². The molecule has 0 amide bonds. The van der Waals surface area contributed by atoms with Gasteiger partial charge in [-0.05, 0) is 19.8 Å². The molecule has 0 rings (SSSR count). The van der Waals surface area contributed by atoms with Crippen molar-refractivity contribution in [1.82, 2.24) is 0 Å². The maximum Gasteiger partial charge on any atom is 0.305 e. The predicted octanol–water partition coefficient (Wildman–Crippen LogP) is 7.15. The average Bonchev–Trinajstić information content (AvgIpc) is 2.58. The highest BCUT2D eigenvalue weighted by atomic mass is 19.1. The lowest BCUT2D eigenvalue weighted by atomic mass is 10.0. The summed E-state index contributed by atoms with van der Waals surface area (Å²) in [4.78, 5) is 11.2. The number of esters is 1. The molecule has 24 heavy (non-hydrogen) atoms. The van der Waals surface area contributed by atoms with Crippen molar-refractivity contribution in [2.75, 3.05) is 13.3 Å². The smallest absolute Gasteiger partial charge is 0.305 e. The molecule has 0 radical (unpaired) electrons. The van der Waals surface area contributed by atoms with Crippen LogP contribution in [0.5, 0.6) is 0 Å². The summed E-state index contributed by atoms with van der Waals surface area (Å²) in [7, 11) is 0. The minimum atomic E-state index is -0.145. The van der Waals surface area contributed by atoms with E-state index in [1.165, 1.54) is 77.0 Å². The molecule has 144 valence electrons. The number of alkyl halides is 1. The molecule has 0 aromatic rings. The molecule has 0 aliphatic heterocycles. The maximum absolute atomic E-state index is 11.9. The molecule has 2 nitrogen and oxygen atoms in total. The number of hydrogen-bond acceptors (Lipinski definition) is 2. The highest BCUT2D eigenvalue weighted by molar-refractivity contribution is 5.69. The molecule has 0 saturated heterocycles. The minimum Gasteiger partial charge on any atom is -0.466 e. The van der Waals surface area contributed by atoms with Gasteiger partial charge in [0.2, 0.25) is 0 Å². The van der Waals surface area contributed by atoms with Gasteiger partial charge in [0.1, 0.15) is 0 Å². The molecule has 0 saturated carbocycles. The maximum atomic E-state index is 11.9. The van der Waals surface area contributed by atoms with Crippen molar-refractivity contribution in [3.63, 3.8) is 0 Å². The van der Waals surface area contributed by atoms with E-state index in [0.717, 1.165) is 25.7 Å². The lowest BCUT2D eigenvalue weighted by Gasteiger charge is -2.04. The molecule has 0 N–H and O–H groups in total. The van der Waals surface area contributed by atoms with Gasteiger partial charge in [0.15, 0.2) is 0 Å². The first kappa shape index (κ1) is 23.4. The third kappa shape index (κ3) is 19.4. The van der Waals surface area contributed by atoms with E-state index in [0.29, 0.717) is 13.0 Å². The molecule has 3 heteroatoms. The molecule has 0 spiro atoms. The zero-order valence-electron chi connectivity index (χ0n) is 16.1. The van der Waals surface area contributed by atoms with Crippen LogP contribution in [0, 0.1) is 0 Å². The number of unbranched alkanes of at least 4 members (excludes halogenated alkanes) is 15. The van der Waals surface area contributed by atoms with Crippen LogP contribution < -0.4 is 0 Å². The van der Waals surface area contributed by atoms with E-state index in [9.17, 15) is 9.18 Å². The standard InChI is InChI=1S/C21H41FO2/c1-2-24-21(23)19-17-15-13-11-9-7-5-3-4-6-8-10-12-14-16-18-20-22/h2-20H2,1H3. The summed E-state index contributed by atoms with van der Waals surface area (Å²) in [6.45, 7) is 2.21. The van der Waals surface area contributed by atoms with Crippen LogP contribution in [0.15, 0.2) is 0 Å². The Morgan fingerprint density at radius 3 is 1.29 bits per heavy atom. The van der Waals surface area contributed by atoms with E-state index in [2.05, 4.69) is 0 Å². The first-order valence-corrected chi connectivity index (χ1v) is 10.5. The number of ether oxygens (including phenoxy) is 1. The number of halogens is 1. The summed E-state index contributed by atoms with van der Waals surface area (Å²) in [5.41, 5.74) is 0. The third-order valence-corrected chi connectivity index (χ3v) is 4.57. The van der Waals surface area contributed by atoms with Crippen LogP contribution in [0.25, 0.3) is 0 Å².